The molecule has 2 aromatic rings. The maximum Gasteiger partial charge on any atom is 0.140 e. The Balaban J connectivity index is 2.37. The van der Waals surface area contributed by atoms with Gasteiger partial charge in [-0.25, -0.2) is 4.39 Å². The predicted octanol–water partition coefficient (Wildman–Crippen LogP) is 4.13. The molecule has 0 fully saturated rings. The average molecular weight is 262 g/mol. The monoisotopic (exact) mass is 262 g/mol. The third kappa shape index (κ3) is 2.90. The quantitative estimate of drug-likeness (QED) is 0.626. The highest BCUT2D eigenvalue weighted by Gasteiger charge is 2.00. The molecule has 0 saturated carbocycles. The van der Waals surface area contributed by atoms with Gasteiger partial charge in [0.2, 0.25) is 0 Å². The number of hydrogen-bond acceptors (Lipinski definition) is 0. The van der Waals surface area contributed by atoms with E-state index in [1.165, 1.54) is 22.8 Å². The van der Waals surface area contributed by atoms with Crippen LogP contribution in [-0.2, 0) is 0 Å². The number of aryl methyl sites for hydroxylation is 2. The second-order valence-electron chi connectivity index (χ2n) is 4.82. The Morgan fingerprint density at radius 3 is 2.05 bits per heavy atom. The van der Waals surface area contributed by atoms with Gasteiger partial charge in [-0.2, -0.15) is 0 Å². The van der Waals surface area contributed by atoms with Gasteiger partial charge in [-0.3, -0.25) is 0 Å². The molecule has 0 nitrogen and oxygen atoms in total. The molecule has 0 saturated heterocycles. The Bertz CT molecular complexity index is 742. The highest BCUT2D eigenvalue weighted by Crippen LogP contribution is 2.15. The molecule has 0 aromatic heterocycles. The summed E-state index contributed by atoms with van der Waals surface area (Å²) in [5, 5.41) is 0. The van der Waals surface area contributed by atoms with Crippen molar-refractivity contribution < 1.29 is 4.39 Å². The Kier molecular flexibility index (Phi) is 3.92. The van der Waals surface area contributed by atoms with Crippen molar-refractivity contribution in [1.29, 1.82) is 0 Å². The fourth-order valence-corrected chi connectivity index (χ4v) is 1.96. The van der Waals surface area contributed by atoms with Crippen LogP contribution in [0.5, 0.6) is 0 Å². The van der Waals surface area contributed by atoms with E-state index in [-0.39, 0.29) is 5.56 Å². The lowest BCUT2D eigenvalue weighted by Crippen LogP contribution is -1.89. The fourth-order valence-electron chi connectivity index (χ4n) is 1.96. The van der Waals surface area contributed by atoms with Gasteiger partial charge in [0, 0.05) is 11.1 Å². The Morgan fingerprint density at radius 2 is 1.50 bits per heavy atom. The van der Waals surface area contributed by atoms with Gasteiger partial charge >= 0.3 is 0 Å². The molecule has 0 spiro atoms. The lowest BCUT2D eigenvalue weighted by atomic mass is 10.0. The van der Waals surface area contributed by atoms with Crippen LogP contribution in [0, 0.1) is 50.8 Å². The normalized spacial score (nSPS) is 9.55. The molecule has 0 aliphatic rings. The molecule has 2 rings (SSSR count). The van der Waals surface area contributed by atoms with Crippen molar-refractivity contribution in [3.63, 3.8) is 0 Å². The second-order valence-corrected chi connectivity index (χ2v) is 4.82. The maximum atomic E-state index is 13.5. The van der Waals surface area contributed by atoms with Crippen molar-refractivity contribution >= 4 is 0 Å². The molecular formula is C19H15F. The molecule has 20 heavy (non-hydrogen) atoms. The summed E-state index contributed by atoms with van der Waals surface area (Å²) in [6.07, 6.45) is 5.19. The molecule has 0 aliphatic heterocycles. The van der Waals surface area contributed by atoms with Crippen LogP contribution in [0.15, 0.2) is 30.3 Å². The minimum absolute atomic E-state index is 0.262. The van der Waals surface area contributed by atoms with Gasteiger partial charge in [0.15, 0.2) is 0 Å². The van der Waals surface area contributed by atoms with E-state index < -0.39 is 5.82 Å². The summed E-state index contributed by atoms with van der Waals surface area (Å²) in [6, 6.07) is 8.77. The van der Waals surface area contributed by atoms with Crippen LogP contribution < -0.4 is 0 Å². The predicted molar refractivity (Wildman–Crippen MR) is 81.0 cm³/mol. The van der Waals surface area contributed by atoms with Gasteiger partial charge in [0.05, 0.1) is 5.56 Å². The molecule has 0 N–H and O–H groups in total. The molecule has 0 aliphatic carbocycles. The van der Waals surface area contributed by atoms with Gasteiger partial charge in [-0.15, -0.1) is 6.42 Å². The zero-order valence-corrected chi connectivity index (χ0v) is 11.8. The maximum absolute atomic E-state index is 13.5. The minimum atomic E-state index is -0.407. The summed E-state index contributed by atoms with van der Waals surface area (Å²) < 4.78 is 13.5. The number of halogens is 1. The van der Waals surface area contributed by atoms with Crippen LogP contribution in [0.2, 0.25) is 0 Å². The van der Waals surface area contributed by atoms with Gasteiger partial charge in [0.1, 0.15) is 5.82 Å². The van der Waals surface area contributed by atoms with E-state index in [1.54, 1.807) is 12.1 Å². The first-order valence-electron chi connectivity index (χ1n) is 6.37. The second kappa shape index (κ2) is 5.64. The van der Waals surface area contributed by atoms with Gasteiger partial charge in [0.25, 0.3) is 0 Å². The molecule has 0 bridgehead atoms. The summed E-state index contributed by atoms with van der Waals surface area (Å²) in [6.45, 7) is 6.22. The largest absolute Gasteiger partial charge is 0.206 e. The molecule has 98 valence electrons. The van der Waals surface area contributed by atoms with Gasteiger partial charge < -0.3 is 0 Å². The van der Waals surface area contributed by atoms with E-state index in [2.05, 4.69) is 38.5 Å². The fraction of sp³-hybridized carbons (Fsp3) is 0.158. The van der Waals surface area contributed by atoms with Gasteiger partial charge in [-0.05, 0) is 67.8 Å². The molecule has 1 heteroatoms. The lowest BCUT2D eigenvalue weighted by Gasteiger charge is -2.04. The molecular weight excluding hydrogens is 247 g/mol. The molecule has 0 unspecified atom stereocenters. The van der Waals surface area contributed by atoms with Crippen molar-refractivity contribution in [2.75, 3.05) is 0 Å². The number of terminal acetylenes is 1. The van der Waals surface area contributed by atoms with E-state index in [4.69, 9.17) is 6.42 Å². The van der Waals surface area contributed by atoms with Crippen LogP contribution in [-0.4, -0.2) is 0 Å². The lowest BCUT2D eigenvalue weighted by molar-refractivity contribution is 0.624. The van der Waals surface area contributed by atoms with Gasteiger partial charge in [-0.1, -0.05) is 17.8 Å². The Morgan fingerprint density at radius 1 is 0.900 bits per heavy atom. The van der Waals surface area contributed by atoms with E-state index in [0.717, 1.165) is 5.56 Å². The van der Waals surface area contributed by atoms with Crippen LogP contribution in [0.4, 0.5) is 4.39 Å². The number of rotatable bonds is 0. The third-order valence-corrected chi connectivity index (χ3v) is 3.40. The standard InChI is InChI=1S/C19H15F/c1-5-18-9-8-16(12-19(18)20)6-7-17-10-13(2)15(4)14(3)11-17/h1,8-12H,2-4H3. The summed E-state index contributed by atoms with van der Waals surface area (Å²) in [5.41, 5.74) is 5.52. The topological polar surface area (TPSA) is 0 Å². The smallest absolute Gasteiger partial charge is 0.140 e. The van der Waals surface area contributed by atoms with E-state index >= 15 is 0 Å². The van der Waals surface area contributed by atoms with E-state index in [1.807, 2.05) is 12.1 Å². The van der Waals surface area contributed by atoms with Crippen molar-refractivity contribution in [3.8, 4) is 24.2 Å². The highest BCUT2D eigenvalue weighted by atomic mass is 19.1. The Hall–Kier alpha value is -2.51. The number of hydrogen-bond donors (Lipinski definition) is 0. The zero-order valence-electron chi connectivity index (χ0n) is 11.8. The summed E-state index contributed by atoms with van der Waals surface area (Å²) in [5.74, 6) is 7.92. The zero-order chi connectivity index (χ0) is 14.7. The minimum Gasteiger partial charge on any atom is -0.206 e. The average Bonchev–Trinajstić information content (AvgIpc) is 2.42. The van der Waals surface area contributed by atoms with Crippen molar-refractivity contribution in [1.82, 2.24) is 0 Å². The number of benzene rings is 2. The van der Waals surface area contributed by atoms with Crippen molar-refractivity contribution in [2.24, 2.45) is 0 Å². The molecule has 2 aromatic carbocycles. The molecule has 0 radical (unpaired) electrons. The van der Waals surface area contributed by atoms with E-state index in [9.17, 15) is 4.39 Å². The highest BCUT2D eigenvalue weighted by molar-refractivity contribution is 5.49. The molecule has 0 amide bonds. The first kappa shape index (κ1) is 13.9. The first-order valence-corrected chi connectivity index (χ1v) is 6.37. The Labute approximate surface area is 119 Å². The van der Waals surface area contributed by atoms with E-state index in [0.29, 0.717) is 5.56 Å². The molecule has 0 atom stereocenters. The van der Waals surface area contributed by atoms with Crippen LogP contribution in [0.25, 0.3) is 0 Å². The summed E-state index contributed by atoms with van der Waals surface area (Å²) in [7, 11) is 0. The van der Waals surface area contributed by atoms with Crippen LogP contribution in [0.3, 0.4) is 0 Å². The SMILES string of the molecule is C#Cc1ccc(C#Cc2cc(C)c(C)c(C)c2)cc1F. The first-order chi connectivity index (χ1) is 9.51. The van der Waals surface area contributed by atoms with Crippen molar-refractivity contribution in [3.05, 3.63) is 69.5 Å². The van der Waals surface area contributed by atoms with Crippen LogP contribution >= 0.6 is 0 Å². The van der Waals surface area contributed by atoms with Crippen LogP contribution in [0.1, 0.15) is 33.4 Å². The summed E-state index contributed by atoms with van der Waals surface area (Å²) >= 11 is 0. The van der Waals surface area contributed by atoms with Crippen molar-refractivity contribution in [2.45, 2.75) is 20.8 Å². The third-order valence-electron chi connectivity index (χ3n) is 3.40. The molecule has 0 heterocycles. The summed E-state index contributed by atoms with van der Waals surface area (Å²) in [4.78, 5) is 0.